The number of esters is 1. The molecule has 1 rings (SSSR count). The summed E-state index contributed by atoms with van der Waals surface area (Å²) in [5.74, 6) is 0.323. The third kappa shape index (κ3) is 9.47. The number of carbonyl (C=O) groups excluding carboxylic acids is 2. The fourth-order valence-corrected chi connectivity index (χ4v) is 22.1. The van der Waals surface area contributed by atoms with E-state index in [0.717, 1.165) is 18.4 Å². The van der Waals surface area contributed by atoms with Gasteiger partial charge in [0.15, 0.2) is 0 Å². The van der Waals surface area contributed by atoms with Crippen LogP contribution in [0.1, 0.15) is 100 Å². The van der Waals surface area contributed by atoms with Crippen LogP contribution in [0.4, 0.5) is 0 Å². The van der Waals surface area contributed by atoms with Gasteiger partial charge in [0.05, 0.1) is 0 Å². The average molecular weight is 594 g/mol. The fraction of sp³-hybridized carbons (Fsp3) is 0.655. The normalized spacial score (nSPS) is 11.9. The summed E-state index contributed by atoms with van der Waals surface area (Å²) in [6.07, 6.45) is 12.1. The van der Waals surface area contributed by atoms with Gasteiger partial charge in [-0.3, -0.25) is 0 Å². The Morgan fingerprint density at radius 3 is 1.97 bits per heavy atom. The number of unbranched alkanes of at least 4 members (excludes halogenated alkanes) is 4. The Labute approximate surface area is 218 Å². The van der Waals surface area contributed by atoms with E-state index < -0.39 is 18.4 Å². The van der Waals surface area contributed by atoms with E-state index in [-0.39, 0.29) is 11.9 Å². The molecular weight excluding hydrogens is 545 g/mol. The van der Waals surface area contributed by atoms with Crippen molar-refractivity contribution in [3.05, 3.63) is 34.9 Å². The summed E-state index contributed by atoms with van der Waals surface area (Å²) in [4.78, 5) is 24.5. The van der Waals surface area contributed by atoms with E-state index in [1.807, 2.05) is 13.0 Å². The summed E-state index contributed by atoms with van der Waals surface area (Å²) < 4.78 is 16.3. The van der Waals surface area contributed by atoms with Gasteiger partial charge < -0.3 is 0 Å². The number of aryl methyl sites for hydroxylation is 1. The van der Waals surface area contributed by atoms with E-state index in [4.69, 9.17) is 9.47 Å². The maximum atomic E-state index is 12.7. The van der Waals surface area contributed by atoms with Crippen molar-refractivity contribution in [2.45, 2.75) is 98.8 Å². The number of carbonyl (C=O) groups is 2. The molecule has 5 nitrogen and oxygen atoms in total. The van der Waals surface area contributed by atoms with E-state index in [9.17, 15) is 9.59 Å². The molecule has 0 saturated carbocycles. The Morgan fingerprint density at radius 1 is 0.943 bits per heavy atom. The molecule has 0 bridgehead atoms. The molecule has 0 fully saturated rings. The molecule has 0 aromatic heterocycles. The van der Waals surface area contributed by atoms with E-state index in [1.54, 1.807) is 14.2 Å². The van der Waals surface area contributed by atoms with Gasteiger partial charge in [0.25, 0.3) is 0 Å². The Balaban J connectivity index is 3.73. The zero-order valence-corrected chi connectivity index (χ0v) is 26.2. The molecule has 0 spiro atoms. The minimum absolute atomic E-state index is 0.0888. The molecule has 0 unspecified atom stereocenters. The number of nitrogens with one attached hydrogen (secondary N) is 1. The molecule has 0 aliphatic rings. The Hall–Kier alpha value is -1.50. The molecule has 1 aromatic carbocycles. The summed E-state index contributed by atoms with van der Waals surface area (Å²) in [6.45, 7) is 8.88. The molecule has 0 radical (unpaired) electrons. The maximum absolute atomic E-state index is 12.7. The second-order valence-corrected chi connectivity index (χ2v) is 22.8. The first-order valence-electron chi connectivity index (χ1n) is 13.5. The van der Waals surface area contributed by atoms with Gasteiger partial charge in [-0.05, 0) is 0 Å². The molecule has 1 N–H and O–H groups in total. The first-order chi connectivity index (χ1) is 16.8. The van der Waals surface area contributed by atoms with Crippen molar-refractivity contribution < 1.29 is 19.1 Å². The van der Waals surface area contributed by atoms with Crippen LogP contribution in [0.5, 0.6) is 5.75 Å². The Morgan fingerprint density at radius 2 is 1.51 bits per heavy atom. The number of benzene rings is 1. The number of hydrogen-bond acceptors (Lipinski definition) is 4. The predicted molar refractivity (Wildman–Crippen MR) is 150 cm³/mol. The van der Waals surface area contributed by atoms with Gasteiger partial charge in [-0.1, -0.05) is 0 Å². The van der Waals surface area contributed by atoms with E-state index >= 15 is 0 Å². The van der Waals surface area contributed by atoms with Crippen LogP contribution in [0.2, 0.25) is 13.3 Å². The van der Waals surface area contributed by atoms with E-state index in [2.05, 4.69) is 38.2 Å². The van der Waals surface area contributed by atoms with E-state index in [0.29, 0.717) is 17.7 Å². The standard InChI is InChI=1S/C17H22NO4.3C4H9.Sn/c1-12-10-13(8-6-5-7-9-15(19)18-2)11-14(16(12)21-3)17(20)22-4;3*1-3-4-2;/h6,10-11H,5,7,9H2,1-4H3,(H,18,19);3*1,3-4H2,2H3;. The summed E-state index contributed by atoms with van der Waals surface area (Å²) in [7, 11) is 4.73. The minimum atomic E-state index is -2.84. The number of amides is 1. The van der Waals surface area contributed by atoms with Crippen LogP contribution in [0.25, 0.3) is 3.59 Å². The number of hydrogen-bond donors (Lipinski definition) is 1. The van der Waals surface area contributed by atoms with Crippen molar-refractivity contribution >= 4 is 33.8 Å². The molecule has 0 atom stereocenters. The van der Waals surface area contributed by atoms with Crippen LogP contribution >= 0.6 is 0 Å². The summed E-state index contributed by atoms with van der Waals surface area (Å²) >= 11 is -2.84. The first kappa shape index (κ1) is 31.5. The molecule has 198 valence electrons. The molecule has 0 aliphatic heterocycles. The quantitative estimate of drug-likeness (QED) is 0.115. The van der Waals surface area contributed by atoms with Gasteiger partial charge in [-0.2, -0.15) is 0 Å². The average Bonchev–Trinajstić information content (AvgIpc) is 2.87. The number of allylic oxidation sites excluding steroid dienone is 1. The van der Waals surface area contributed by atoms with Gasteiger partial charge in [0.2, 0.25) is 0 Å². The number of methoxy groups -OCH3 is 2. The van der Waals surface area contributed by atoms with Crippen molar-refractivity contribution in [2.75, 3.05) is 21.3 Å². The predicted octanol–water partition coefficient (Wildman–Crippen LogP) is 7.48. The van der Waals surface area contributed by atoms with Crippen molar-refractivity contribution in [2.24, 2.45) is 0 Å². The van der Waals surface area contributed by atoms with Crippen LogP contribution in [-0.4, -0.2) is 51.5 Å². The van der Waals surface area contributed by atoms with Gasteiger partial charge in [0.1, 0.15) is 0 Å². The van der Waals surface area contributed by atoms with Crippen LogP contribution in [0.15, 0.2) is 18.2 Å². The van der Waals surface area contributed by atoms with Crippen molar-refractivity contribution in [1.29, 1.82) is 0 Å². The van der Waals surface area contributed by atoms with Crippen LogP contribution < -0.4 is 10.1 Å². The van der Waals surface area contributed by atoms with E-state index in [1.165, 1.54) is 68.1 Å². The number of rotatable bonds is 17. The van der Waals surface area contributed by atoms with Crippen LogP contribution in [0.3, 0.4) is 0 Å². The number of ether oxygens (including phenoxy) is 2. The van der Waals surface area contributed by atoms with Gasteiger partial charge in [-0.25, -0.2) is 0 Å². The molecule has 6 heteroatoms. The summed E-state index contributed by atoms with van der Waals surface area (Å²) in [6, 6.07) is 4.23. The summed E-state index contributed by atoms with van der Waals surface area (Å²) in [5.41, 5.74) is 2.63. The van der Waals surface area contributed by atoms with Gasteiger partial charge in [0, 0.05) is 0 Å². The SMILES string of the molecule is CCC[CH2][Sn]([CH2]CCC)([CH2]CCC)/[C](=C/CCCC(=O)NC)c1cc(C)c(OC)c(C(=O)OC)c1. The molecule has 0 saturated heterocycles. The third-order valence-electron chi connectivity index (χ3n) is 7.03. The van der Waals surface area contributed by atoms with Crippen LogP contribution in [0, 0.1) is 6.92 Å². The topological polar surface area (TPSA) is 64.6 Å². The van der Waals surface area contributed by atoms with Gasteiger partial charge >= 0.3 is 219 Å². The first-order valence-corrected chi connectivity index (χ1v) is 21.0. The Kier molecular flexibility index (Phi) is 15.4. The fourth-order valence-electron chi connectivity index (χ4n) is 5.06. The monoisotopic (exact) mass is 595 g/mol. The molecule has 35 heavy (non-hydrogen) atoms. The van der Waals surface area contributed by atoms with Crippen molar-refractivity contribution in [1.82, 2.24) is 5.32 Å². The van der Waals surface area contributed by atoms with Crippen molar-refractivity contribution in [3.63, 3.8) is 0 Å². The van der Waals surface area contributed by atoms with Crippen LogP contribution in [-0.2, 0) is 9.53 Å². The molecule has 0 aliphatic carbocycles. The Bertz CT molecular complexity index is 812. The third-order valence-corrected chi connectivity index (χ3v) is 22.9. The molecule has 1 amide bonds. The van der Waals surface area contributed by atoms with Crippen molar-refractivity contribution in [3.8, 4) is 5.75 Å². The molecular formula is C29H49NO4Sn. The zero-order chi connectivity index (χ0) is 26.3. The second-order valence-electron chi connectivity index (χ2n) is 9.64. The molecule has 1 aromatic rings. The summed E-state index contributed by atoms with van der Waals surface area (Å²) in [5, 5.41) is 2.73. The zero-order valence-electron chi connectivity index (χ0n) is 23.4. The second kappa shape index (κ2) is 17.0. The van der Waals surface area contributed by atoms with Gasteiger partial charge in [-0.15, -0.1) is 0 Å². The molecule has 0 heterocycles.